The van der Waals surface area contributed by atoms with E-state index in [1.165, 1.54) is 30.5 Å². The van der Waals surface area contributed by atoms with Crippen LogP contribution in [-0.2, 0) is 0 Å². The van der Waals surface area contributed by atoms with E-state index in [0.717, 1.165) is 12.5 Å². The highest BCUT2D eigenvalue weighted by Gasteiger charge is 2.12. The summed E-state index contributed by atoms with van der Waals surface area (Å²) in [6.07, 6.45) is 3.67. The van der Waals surface area contributed by atoms with Gasteiger partial charge in [0.05, 0.1) is 0 Å². The van der Waals surface area contributed by atoms with Crippen LogP contribution < -0.4 is 10.2 Å². The predicted molar refractivity (Wildman–Crippen MR) is 85.9 cm³/mol. The summed E-state index contributed by atoms with van der Waals surface area (Å²) in [7, 11) is 4.20. The number of nitrogens with zero attached hydrogens (tertiary/aromatic N) is 1. The molecule has 1 N–H and O–H groups in total. The summed E-state index contributed by atoms with van der Waals surface area (Å²) in [5.74, 6) is 0.767. The average Bonchev–Trinajstić information content (AvgIpc) is 2.38. The smallest absolute Gasteiger partial charge is 0.0364 e. The van der Waals surface area contributed by atoms with Crippen LogP contribution in [0.25, 0.3) is 0 Å². The average molecular weight is 262 g/mol. The van der Waals surface area contributed by atoms with Crippen LogP contribution in [0.3, 0.4) is 0 Å². The van der Waals surface area contributed by atoms with Crippen LogP contribution in [0.5, 0.6) is 0 Å². The van der Waals surface area contributed by atoms with Crippen LogP contribution in [0, 0.1) is 5.92 Å². The molecule has 0 aliphatic heterocycles. The highest BCUT2D eigenvalue weighted by Crippen LogP contribution is 2.24. The van der Waals surface area contributed by atoms with Gasteiger partial charge in [-0.1, -0.05) is 32.9 Å². The van der Waals surface area contributed by atoms with Crippen LogP contribution in [0.15, 0.2) is 24.3 Å². The first-order valence-electron chi connectivity index (χ1n) is 7.55. The van der Waals surface area contributed by atoms with Crippen molar-refractivity contribution in [1.29, 1.82) is 0 Å². The van der Waals surface area contributed by atoms with E-state index >= 15 is 0 Å². The number of hydrogen-bond donors (Lipinski definition) is 1. The van der Waals surface area contributed by atoms with Gasteiger partial charge in [0.2, 0.25) is 0 Å². The minimum absolute atomic E-state index is 0.488. The normalized spacial score (nSPS) is 12.7. The van der Waals surface area contributed by atoms with Gasteiger partial charge >= 0.3 is 0 Å². The Morgan fingerprint density at radius 3 is 2.47 bits per heavy atom. The summed E-state index contributed by atoms with van der Waals surface area (Å²) in [6.45, 7) is 7.91. The lowest BCUT2D eigenvalue weighted by Gasteiger charge is -2.22. The van der Waals surface area contributed by atoms with Crippen molar-refractivity contribution in [2.24, 2.45) is 5.92 Å². The van der Waals surface area contributed by atoms with E-state index in [-0.39, 0.29) is 0 Å². The van der Waals surface area contributed by atoms with Crippen molar-refractivity contribution < 1.29 is 0 Å². The fourth-order valence-electron chi connectivity index (χ4n) is 2.22. The van der Waals surface area contributed by atoms with Crippen molar-refractivity contribution in [3.8, 4) is 0 Å². The minimum atomic E-state index is 0.488. The zero-order valence-corrected chi connectivity index (χ0v) is 13.2. The maximum atomic E-state index is 3.69. The number of hydrogen-bond acceptors (Lipinski definition) is 2. The Kier molecular flexibility index (Phi) is 6.93. The van der Waals surface area contributed by atoms with Gasteiger partial charge < -0.3 is 10.2 Å². The van der Waals surface area contributed by atoms with E-state index in [1.807, 2.05) is 0 Å². The zero-order chi connectivity index (χ0) is 14.3. The molecule has 0 spiro atoms. The third-order valence-electron chi connectivity index (χ3n) is 3.46. The van der Waals surface area contributed by atoms with Gasteiger partial charge in [-0.2, -0.15) is 0 Å². The maximum Gasteiger partial charge on any atom is 0.0364 e. The number of anilines is 1. The first-order valence-corrected chi connectivity index (χ1v) is 7.55. The van der Waals surface area contributed by atoms with Crippen LogP contribution in [-0.4, -0.2) is 20.6 Å². The van der Waals surface area contributed by atoms with E-state index in [4.69, 9.17) is 0 Å². The zero-order valence-electron chi connectivity index (χ0n) is 13.2. The molecule has 0 aromatic heterocycles. The third kappa shape index (κ3) is 5.65. The molecule has 0 radical (unpaired) electrons. The van der Waals surface area contributed by atoms with Crippen molar-refractivity contribution in [3.63, 3.8) is 0 Å². The molecule has 0 saturated heterocycles. The van der Waals surface area contributed by atoms with Gasteiger partial charge in [0, 0.05) is 25.8 Å². The Morgan fingerprint density at radius 2 is 1.89 bits per heavy atom. The van der Waals surface area contributed by atoms with E-state index in [1.54, 1.807) is 0 Å². The molecule has 108 valence electrons. The lowest BCUT2D eigenvalue weighted by molar-refractivity contribution is 0.441. The van der Waals surface area contributed by atoms with Crippen LogP contribution >= 0.6 is 0 Å². The number of rotatable bonds is 8. The summed E-state index contributed by atoms with van der Waals surface area (Å²) in [4.78, 5) is 2.17. The van der Waals surface area contributed by atoms with Crippen molar-refractivity contribution in [2.75, 3.05) is 25.5 Å². The Morgan fingerprint density at radius 1 is 1.16 bits per heavy atom. The molecule has 0 aliphatic carbocycles. The Labute approximate surface area is 119 Å². The third-order valence-corrected chi connectivity index (χ3v) is 3.46. The molecule has 0 amide bonds. The summed E-state index contributed by atoms with van der Waals surface area (Å²) in [5.41, 5.74) is 2.70. The molecule has 1 atom stereocenters. The van der Waals surface area contributed by atoms with Crippen LogP contribution in [0.1, 0.15) is 51.6 Å². The van der Waals surface area contributed by atoms with Crippen molar-refractivity contribution >= 4 is 5.69 Å². The first-order chi connectivity index (χ1) is 9.04. The van der Waals surface area contributed by atoms with Gasteiger partial charge in [-0.05, 0) is 49.4 Å². The largest absolute Gasteiger partial charge is 0.378 e. The molecule has 2 heteroatoms. The molecule has 1 unspecified atom stereocenters. The summed E-state index contributed by atoms with van der Waals surface area (Å²) in [5, 5.41) is 3.69. The molecule has 1 aromatic carbocycles. The minimum Gasteiger partial charge on any atom is -0.378 e. The molecule has 0 saturated carbocycles. The Balaban J connectivity index is 2.79. The van der Waals surface area contributed by atoms with Crippen LogP contribution in [0.4, 0.5) is 5.69 Å². The molecule has 1 rings (SSSR count). The van der Waals surface area contributed by atoms with E-state index in [2.05, 4.69) is 69.3 Å². The second-order valence-corrected chi connectivity index (χ2v) is 5.97. The second-order valence-electron chi connectivity index (χ2n) is 5.97. The standard InChI is InChI=1S/C17H30N2/c1-6-12-18-17(11-10-14(2)3)15-8-7-9-16(13-15)19(4)5/h7-9,13-14,17-18H,6,10-12H2,1-5H3. The maximum absolute atomic E-state index is 3.69. The van der Waals surface area contributed by atoms with Crippen LogP contribution in [0.2, 0.25) is 0 Å². The van der Waals surface area contributed by atoms with E-state index in [0.29, 0.717) is 6.04 Å². The quantitative estimate of drug-likeness (QED) is 0.754. The fourth-order valence-corrected chi connectivity index (χ4v) is 2.22. The van der Waals surface area contributed by atoms with Gasteiger partial charge in [0.15, 0.2) is 0 Å². The summed E-state index contributed by atoms with van der Waals surface area (Å²) in [6, 6.07) is 9.39. The number of benzene rings is 1. The van der Waals surface area contributed by atoms with E-state index < -0.39 is 0 Å². The molecule has 0 aliphatic rings. The predicted octanol–water partition coefficient (Wildman–Crippen LogP) is 4.23. The molecule has 0 heterocycles. The van der Waals surface area contributed by atoms with Crippen molar-refractivity contribution in [2.45, 2.75) is 46.1 Å². The summed E-state index contributed by atoms with van der Waals surface area (Å²) < 4.78 is 0. The highest BCUT2D eigenvalue weighted by molar-refractivity contribution is 5.47. The monoisotopic (exact) mass is 262 g/mol. The summed E-state index contributed by atoms with van der Waals surface area (Å²) >= 11 is 0. The topological polar surface area (TPSA) is 15.3 Å². The molecule has 0 bridgehead atoms. The second kappa shape index (κ2) is 8.21. The van der Waals surface area contributed by atoms with Crippen molar-refractivity contribution in [1.82, 2.24) is 5.32 Å². The first kappa shape index (κ1) is 16.0. The SMILES string of the molecule is CCCNC(CCC(C)C)c1cccc(N(C)C)c1. The van der Waals surface area contributed by atoms with E-state index in [9.17, 15) is 0 Å². The lowest BCUT2D eigenvalue weighted by Crippen LogP contribution is -2.23. The number of nitrogens with one attached hydrogen (secondary N) is 1. The molecule has 0 fully saturated rings. The van der Waals surface area contributed by atoms with Gasteiger partial charge in [0.25, 0.3) is 0 Å². The van der Waals surface area contributed by atoms with Gasteiger partial charge in [-0.25, -0.2) is 0 Å². The Bertz CT molecular complexity index is 358. The molecule has 1 aromatic rings. The van der Waals surface area contributed by atoms with Crippen molar-refractivity contribution in [3.05, 3.63) is 29.8 Å². The van der Waals surface area contributed by atoms with Gasteiger partial charge in [-0.15, -0.1) is 0 Å². The molecular weight excluding hydrogens is 232 g/mol. The van der Waals surface area contributed by atoms with Gasteiger partial charge in [-0.3, -0.25) is 0 Å². The lowest BCUT2D eigenvalue weighted by atomic mass is 9.97. The van der Waals surface area contributed by atoms with Gasteiger partial charge in [0.1, 0.15) is 0 Å². The fraction of sp³-hybridized carbons (Fsp3) is 0.647. The molecular formula is C17H30N2. The Hall–Kier alpha value is -1.02. The highest BCUT2D eigenvalue weighted by atomic mass is 15.1. The molecule has 2 nitrogen and oxygen atoms in total. The molecule has 19 heavy (non-hydrogen) atoms.